The molecule has 1 amide bonds. The van der Waals surface area contributed by atoms with Crippen LogP contribution in [0.15, 0.2) is 59.1 Å². The highest BCUT2D eigenvalue weighted by Gasteiger charge is 2.29. The van der Waals surface area contributed by atoms with E-state index in [2.05, 4.69) is 15.1 Å². The molecule has 1 aliphatic rings. The topological polar surface area (TPSA) is 75.0 Å². The van der Waals surface area contributed by atoms with Gasteiger partial charge in [0.2, 0.25) is 11.7 Å². The quantitative estimate of drug-likeness (QED) is 0.563. The van der Waals surface area contributed by atoms with E-state index in [1.54, 1.807) is 4.90 Å². The number of rotatable bonds is 3. The first-order valence-corrected chi connectivity index (χ1v) is 9.64. The molecule has 5 rings (SSSR count). The third-order valence-corrected chi connectivity index (χ3v) is 5.36. The minimum Gasteiger partial charge on any atom is -0.352 e. The highest BCUT2D eigenvalue weighted by atomic mass is 19.1. The van der Waals surface area contributed by atoms with Gasteiger partial charge < -0.3 is 14.4 Å². The standard InChI is InChI=1S/C22H19FN4O2/c23-17-9-7-14(8-10-17)22(28)27-11-3-5-16(13-27)21-25-20(26-29-21)19-12-15-4-1-2-6-18(15)24-19/h1-2,4,6-10,12,16,24H,3,5,11,13H2/t16-/m0/s1. The predicted octanol–water partition coefficient (Wildman–Crippen LogP) is 4.38. The second-order valence-electron chi connectivity index (χ2n) is 7.32. The van der Waals surface area contributed by atoms with Crippen LogP contribution in [0.4, 0.5) is 4.39 Å². The Morgan fingerprint density at radius 1 is 1.17 bits per heavy atom. The number of para-hydroxylation sites is 1. The molecule has 1 aliphatic heterocycles. The van der Waals surface area contributed by atoms with E-state index in [0.29, 0.717) is 30.4 Å². The van der Waals surface area contributed by atoms with Crippen LogP contribution in [0, 0.1) is 5.82 Å². The molecule has 0 saturated carbocycles. The van der Waals surface area contributed by atoms with Crippen molar-refractivity contribution in [3.8, 4) is 11.5 Å². The summed E-state index contributed by atoms with van der Waals surface area (Å²) in [5.74, 6) is 0.575. The maximum atomic E-state index is 13.1. The molecule has 1 fully saturated rings. The summed E-state index contributed by atoms with van der Waals surface area (Å²) in [4.78, 5) is 22.4. The number of aromatic nitrogens is 3. The van der Waals surface area contributed by atoms with Crippen LogP contribution in [0.25, 0.3) is 22.4 Å². The largest absolute Gasteiger partial charge is 0.352 e. The van der Waals surface area contributed by atoms with Crippen LogP contribution >= 0.6 is 0 Å². The zero-order valence-electron chi connectivity index (χ0n) is 15.6. The smallest absolute Gasteiger partial charge is 0.253 e. The van der Waals surface area contributed by atoms with Gasteiger partial charge in [0, 0.05) is 29.6 Å². The van der Waals surface area contributed by atoms with Gasteiger partial charge in [0.15, 0.2) is 0 Å². The number of hydrogen-bond donors (Lipinski definition) is 1. The molecule has 0 spiro atoms. The van der Waals surface area contributed by atoms with Gasteiger partial charge in [-0.25, -0.2) is 4.39 Å². The van der Waals surface area contributed by atoms with Crippen LogP contribution < -0.4 is 0 Å². The van der Waals surface area contributed by atoms with Gasteiger partial charge in [0.25, 0.3) is 5.91 Å². The molecule has 6 nitrogen and oxygen atoms in total. The van der Waals surface area contributed by atoms with E-state index < -0.39 is 0 Å². The summed E-state index contributed by atoms with van der Waals surface area (Å²) >= 11 is 0. The summed E-state index contributed by atoms with van der Waals surface area (Å²) < 4.78 is 18.7. The number of H-pyrrole nitrogens is 1. The number of piperidine rings is 1. The van der Waals surface area contributed by atoms with Crippen molar-refractivity contribution in [1.29, 1.82) is 0 Å². The number of halogens is 1. The lowest BCUT2D eigenvalue weighted by atomic mass is 9.97. The third kappa shape index (κ3) is 3.40. The Morgan fingerprint density at radius 3 is 2.83 bits per heavy atom. The van der Waals surface area contributed by atoms with Gasteiger partial charge >= 0.3 is 0 Å². The number of fused-ring (bicyclic) bond motifs is 1. The summed E-state index contributed by atoms with van der Waals surface area (Å²) in [6, 6.07) is 15.6. The number of nitrogens with zero attached hydrogens (tertiary/aromatic N) is 3. The highest BCUT2D eigenvalue weighted by molar-refractivity contribution is 5.94. The van der Waals surface area contributed by atoms with E-state index in [1.807, 2.05) is 30.3 Å². The number of carbonyl (C=O) groups excluding carboxylic acids is 1. The minimum atomic E-state index is -0.353. The summed E-state index contributed by atoms with van der Waals surface area (Å²) in [7, 11) is 0. The lowest BCUT2D eigenvalue weighted by Crippen LogP contribution is -2.39. The number of likely N-dealkylation sites (tertiary alicyclic amines) is 1. The Labute approximate surface area is 166 Å². The molecule has 7 heteroatoms. The Hall–Kier alpha value is -3.48. The molecule has 3 heterocycles. The molecule has 0 bridgehead atoms. The average molecular weight is 390 g/mol. The van der Waals surface area contributed by atoms with Gasteiger partial charge in [-0.05, 0) is 49.2 Å². The molecule has 0 radical (unpaired) electrons. The fourth-order valence-electron chi connectivity index (χ4n) is 3.84. The van der Waals surface area contributed by atoms with Crippen molar-refractivity contribution in [2.75, 3.05) is 13.1 Å². The van der Waals surface area contributed by atoms with Crippen LogP contribution in [0.1, 0.15) is 35.0 Å². The first kappa shape index (κ1) is 17.6. The van der Waals surface area contributed by atoms with Gasteiger partial charge in [-0.3, -0.25) is 4.79 Å². The summed E-state index contributed by atoms with van der Waals surface area (Å²) in [6.45, 7) is 1.17. The molecule has 1 N–H and O–H groups in total. The SMILES string of the molecule is O=C(c1ccc(F)cc1)N1CCC[C@H](c2nc(-c3cc4ccccc4[nH]3)no2)C1. The van der Waals surface area contributed by atoms with E-state index in [9.17, 15) is 9.18 Å². The minimum absolute atomic E-state index is 0.0150. The fourth-order valence-corrected chi connectivity index (χ4v) is 3.84. The van der Waals surface area contributed by atoms with Crippen molar-refractivity contribution < 1.29 is 13.7 Å². The summed E-state index contributed by atoms with van der Waals surface area (Å²) in [5, 5.41) is 5.22. The third-order valence-electron chi connectivity index (χ3n) is 5.36. The first-order valence-electron chi connectivity index (χ1n) is 9.64. The first-order chi connectivity index (χ1) is 14.2. The van der Waals surface area contributed by atoms with Gasteiger partial charge in [-0.1, -0.05) is 23.4 Å². The molecule has 4 aromatic rings. The Bertz CT molecular complexity index is 1130. The van der Waals surface area contributed by atoms with E-state index in [4.69, 9.17) is 4.52 Å². The maximum absolute atomic E-state index is 13.1. The Morgan fingerprint density at radius 2 is 2.00 bits per heavy atom. The molecule has 0 aliphatic carbocycles. The molecular formula is C22H19FN4O2. The second-order valence-corrected chi connectivity index (χ2v) is 7.32. The number of aromatic amines is 1. The second kappa shape index (κ2) is 7.16. The van der Waals surface area contributed by atoms with Crippen LogP contribution in [0.3, 0.4) is 0 Å². The zero-order chi connectivity index (χ0) is 19.8. The molecule has 2 aromatic carbocycles. The van der Waals surface area contributed by atoms with Crippen LogP contribution in [-0.4, -0.2) is 39.0 Å². The average Bonchev–Trinajstić information content (AvgIpc) is 3.41. The van der Waals surface area contributed by atoms with Gasteiger partial charge in [0.1, 0.15) is 5.82 Å². The molecule has 29 heavy (non-hydrogen) atoms. The van der Waals surface area contributed by atoms with Crippen molar-refractivity contribution in [1.82, 2.24) is 20.0 Å². The molecule has 2 aromatic heterocycles. The van der Waals surface area contributed by atoms with E-state index in [1.165, 1.54) is 24.3 Å². The predicted molar refractivity (Wildman–Crippen MR) is 106 cm³/mol. The number of nitrogens with one attached hydrogen (secondary N) is 1. The fraction of sp³-hybridized carbons (Fsp3) is 0.227. The zero-order valence-corrected chi connectivity index (χ0v) is 15.6. The van der Waals surface area contributed by atoms with E-state index in [-0.39, 0.29) is 17.6 Å². The number of amides is 1. The highest BCUT2D eigenvalue weighted by Crippen LogP contribution is 2.29. The van der Waals surface area contributed by atoms with Crippen LogP contribution in [0.2, 0.25) is 0 Å². The van der Waals surface area contributed by atoms with Gasteiger partial charge in [-0.15, -0.1) is 0 Å². The molecule has 0 unspecified atom stereocenters. The van der Waals surface area contributed by atoms with Gasteiger partial charge in [0.05, 0.1) is 11.6 Å². The van der Waals surface area contributed by atoms with Crippen molar-refractivity contribution in [2.24, 2.45) is 0 Å². The summed E-state index contributed by atoms with van der Waals surface area (Å²) in [5.41, 5.74) is 2.30. The van der Waals surface area contributed by atoms with Crippen LogP contribution in [0.5, 0.6) is 0 Å². The summed E-state index contributed by atoms with van der Waals surface area (Å²) in [6.07, 6.45) is 1.73. The van der Waals surface area contributed by atoms with E-state index >= 15 is 0 Å². The normalized spacial score (nSPS) is 17.0. The van der Waals surface area contributed by atoms with Crippen molar-refractivity contribution in [3.05, 3.63) is 71.9 Å². The number of hydrogen-bond acceptors (Lipinski definition) is 4. The molecule has 1 atom stereocenters. The molecule has 1 saturated heterocycles. The van der Waals surface area contributed by atoms with Crippen molar-refractivity contribution >= 4 is 16.8 Å². The molecule has 146 valence electrons. The van der Waals surface area contributed by atoms with Gasteiger partial charge in [-0.2, -0.15) is 4.98 Å². The van der Waals surface area contributed by atoms with E-state index in [0.717, 1.165) is 29.4 Å². The molecular weight excluding hydrogens is 371 g/mol. The monoisotopic (exact) mass is 390 g/mol. The Balaban J connectivity index is 1.34. The number of carbonyl (C=O) groups is 1. The maximum Gasteiger partial charge on any atom is 0.253 e. The lowest BCUT2D eigenvalue weighted by molar-refractivity contribution is 0.0695. The Kier molecular flexibility index (Phi) is 4.35. The van der Waals surface area contributed by atoms with Crippen LogP contribution in [-0.2, 0) is 0 Å². The lowest BCUT2D eigenvalue weighted by Gasteiger charge is -2.31. The van der Waals surface area contributed by atoms with Crippen molar-refractivity contribution in [3.63, 3.8) is 0 Å². The van der Waals surface area contributed by atoms with Crippen molar-refractivity contribution in [2.45, 2.75) is 18.8 Å². The number of benzene rings is 2.